The Morgan fingerprint density at radius 2 is 1.73 bits per heavy atom. The molecule has 0 saturated heterocycles. The Kier molecular flexibility index (Phi) is 4.51. The molecule has 2 heterocycles. The summed E-state index contributed by atoms with van der Waals surface area (Å²) < 4.78 is 62.8. The number of halogens is 4. The number of hydrogen-bond donors (Lipinski definition) is 1. The van der Waals surface area contributed by atoms with Crippen LogP contribution in [0.2, 0.25) is 5.02 Å². The van der Waals surface area contributed by atoms with E-state index in [1.807, 2.05) is 0 Å². The van der Waals surface area contributed by atoms with E-state index in [0.717, 1.165) is 23.0 Å². The van der Waals surface area contributed by atoms with Crippen molar-refractivity contribution >= 4 is 21.6 Å². The van der Waals surface area contributed by atoms with Gasteiger partial charge in [-0.25, -0.2) is 23.2 Å². The molecule has 0 fully saturated rings. The zero-order chi connectivity index (χ0) is 19.1. The standard InChI is InChI=1S/C15H10ClF3N4O2S/c16-10-3-1-9(2-4-10)12-7-13(15(17,18)19)22-23(12)14-6-5-11(8-21-14)26(20,24)25/h1-8H,(H2,20,24,25). The molecular weight excluding hydrogens is 393 g/mol. The predicted molar refractivity (Wildman–Crippen MR) is 88.2 cm³/mol. The van der Waals surface area contributed by atoms with Gasteiger partial charge in [0.05, 0.1) is 5.69 Å². The van der Waals surface area contributed by atoms with Gasteiger partial charge in [0.1, 0.15) is 4.90 Å². The summed E-state index contributed by atoms with van der Waals surface area (Å²) >= 11 is 5.81. The zero-order valence-corrected chi connectivity index (χ0v) is 14.3. The molecule has 0 aliphatic carbocycles. The second-order valence-electron chi connectivity index (χ2n) is 5.23. The van der Waals surface area contributed by atoms with E-state index in [1.54, 1.807) is 0 Å². The highest BCUT2D eigenvalue weighted by atomic mass is 35.5. The number of sulfonamides is 1. The third-order valence-corrected chi connectivity index (χ3v) is 4.56. The Morgan fingerprint density at radius 3 is 2.23 bits per heavy atom. The van der Waals surface area contributed by atoms with Gasteiger partial charge in [-0.1, -0.05) is 23.7 Å². The molecule has 1 aromatic carbocycles. The summed E-state index contributed by atoms with van der Waals surface area (Å²) in [6.45, 7) is 0. The van der Waals surface area contributed by atoms with Crippen LogP contribution in [0.5, 0.6) is 0 Å². The molecule has 26 heavy (non-hydrogen) atoms. The van der Waals surface area contributed by atoms with Crippen molar-refractivity contribution in [1.82, 2.24) is 14.8 Å². The number of nitrogens with two attached hydrogens (primary N) is 1. The van der Waals surface area contributed by atoms with Crippen LogP contribution < -0.4 is 5.14 Å². The third kappa shape index (κ3) is 3.71. The van der Waals surface area contributed by atoms with Crippen LogP contribution in [0.25, 0.3) is 17.1 Å². The number of hydrogen-bond acceptors (Lipinski definition) is 4. The Balaban J connectivity index is 2.16. The van der Waals surface area contributed by atoms with E-state index in [2.05, 4.69) is 10.1 Å². The van der Waals surface area contributed by atoms with Crippen LogP contribution in [0.15, 0.2) is 53.6 Å². The van der Waals surface area contributed by atoms with Gasteiger partial charge in [0.15, 0.2) is 11.5 Å². The summed E-state index contributed by atoms with van der Waals surface area (Å²) in [6.07, 6.45) is -3.71. The lowest BCUT2D eigenvalue weighted by Gasteiger charge is -2.07. The molecule has 3 rings (SSSR count). The molecule has 136 valence electrons. The van der Waals surface area contributed by atoms with Crippen LogP contribution >= 0.6 is 11.6 Å². The van der Waals surface area contributed by atoms with Gasteiger partial charge in [-0.2, -0.15) is 18.3 Å². The van der Waals surface area contributed by atoms with E-state index < -0.39 is 21.9 Å². The van der Waals surface area contributed by atoms with Crippen LogP contribution in [0, 0.1) is 0 Å². The average molecular weight is 403 g/mol. The Bertz CT molecular complexity index is 1050. The van der Waals surface area contributed by atoms with Crippen molar-refractivity contribution in [3.63, 3.8) is 0 Å². The fourth-order valence-electron chi connectivity index (χ4n) is 2.19. The minimum absolute atomic E-state index is 0.00199. The molecule has 11 heteroatoms. The fraction of sp³-hybridized carbons (Fsp3) is 0.0667. The molecule has 2 N–H and O–H groups in total. The van der Waals surface area contributed by atoms with Crippen LogP contribution in [0.1, 0.15) is 5.69 Å². The molecule has 0 aliphatic rings. The number of alkyl halides is 3. The van der Waals surface area contributed by atoms with Crippen LogP contribution in [-0.2, 0) is 16.2 Å². The van der Waals surface area contributed by atoms with Crippen molar-refractivity contribution in [2.45, 2.75) is 11.1 Å². The third-order valence-electron chi connectivity index (χ3n) is 3.41. The van der Waals surface area contributed by atoms with Crippen LogP contribution in [-0.4, -0.2) is 23.2 Å². The van der Waals surface area contributed by atoms with Crippen molar-refractivity contribution < 1.29 is 21.6 Å². The van der Waals surface area contributed by atoms with E-state index >= 15 is 0 Å². The first-order valence-corrected chi connectivity index (χ1v) is 8.90. The van der Waals surface area contributed by atoms with Gasteiger partial charge in [-0.15, -0.1) is 0 Å². The summed E-state index contributed by atoms with van der Waals surface area (Å²) in [6, 6.07) is 9.35. The van der Waals surface area contributed by atoms with Crippen molar-refractivity contribution in [2.75, 3.05) is 0 Å². The molecule has 6 nitrogen and oxygen atoms in total. The van der Waals surface area contributed by atoms with E-state index in [-0.39, 0.29) is 16.4 Å². The minimum Gasteiger partial charge on any atom is -0.236 e. The van der Waals surface area contributed by atoms with Gasteiger partial charge < -0.3 is 0 Å². The molecular formula is C15H10ClF3N4O2S. The van der Waals surface area contributed by atoms with Crippen molar-refractivity contribution in [1.29, 1.82) is 0 Å². The molecule has 0 spiro atoms. The molecule has 0 saturated carbocycles. The van der Waals surface area contributed by atoms with E-state index in [9.17, 15) is 21.6 Å². The lowest BCUT2D eigenvalue weighted by molar-refractivity contribution is -0.141. The molecule has 0 bridgehead atoms. The van der Waals surface area contributed by atoms with Gasteiger partial charge >= 0.3 is 6.18 Å². The molecule has 0 unspecified atom stereocenters. The number of pyridine rings is 1. The van der Waals surface area contributed by atoms with Crippen molar-refractivity contribution in [3.05, 3.63) is 59.4 Å². The average Bonchev–Trinajstić information content (AvgIpc) is 3.00. The summed E-state index contributed by atoms with van der Waals surface area (Å²) in [5, 5.41) is 8.97. The van der Waals surface area contributed by atoms with Crippen molar-refractivity contribution in [2.24, 2.45) is 5.14 Å². The maximum Gasteiger partial charge on any atom is 0.435 e. The van der Waals surface area contributed by atoms with E-state index in [4.69, 9.17) is 16.7 Å². The first-order chi connectivity index (χ1) is 12.1. The fourth-order valence-corrected chi connectivity index (χ4v) is 2.77. The van der Waals surface area contributed by atoms with Gasteiger partial charge in [0.2, 0.25) is 10.0 Å². The summed E-state index contributed by atoms with van der Waals surface area (Å²) in [7, 11) is -3.97. The molecule has 3 aromatic rings. The molecule has 0 radical (unpaired) electrons. The zero-order valence-electron chi connectivity index (χ0n) is 12.8. The molecule has 0 aliphatic heterocycles. The number of aromatic nitrogens is 3. The minimum atomic E-state index is -4.66. The van der Waals surface area contributed by atoms with Gasteiger partial charge in [-0.3, -0.25) is 0 Å². The smallest absolute Gasteiger partial charge is 0.236 e. The van der Waals surface area contributed by atoms with Gasteiger partial charge in [-0.05, 0) is 30.3 Å². The molecule has 2 aromatic heterocycles. The monoisotopic (exact) mass is 402 g/mol. The maximum absolute atomic E-state index is 13.1. The molecule has 0 atom stereocenters. The highest BCUT2D eigenvalue weighted by Crippen LogP contribution is 2.33. The normalized spacial score (nSPS) is 12.3. The van der Waals surface area contributed by atoms with Gasteiger partial charge in [0.25, 0.3) is 0 Å². The maximum atomic E-state index is 13.1. The second-order valence-corrected chi connectivity index (χ2v) is 7.23. The lowest BCUT2D eigenvalue weighted by Crippen LogP contribution is -2.13. The van der Waals surface area contributed by atoms with Gasteiger partial charge in [0, 0.05) is 16.8 Å². The lowest BCUT2D eigenvalue weighted by atomic mass is 10.1. The Morgan fingerprint density at radius 1 is 1.08 bits per heavy atom. The quantitative estimate of drug-likeness (QED) is 0.728. The number of benzene rings is 1. The first-order valence-electron chi connectivity index (χ1n) is 6.98. The summed E-state index contributed by atoms with van der Waals surface area (Å²) in [5.74, 6) is -0.00199. The number of nitrogens with zero attached hydrogens (tertiary/aromatic N) is 3. The predicted octanol–water partition coefficient (Wildman–Crippen LogP) is 3.25. The number of rotatable bonds is 3. The largest absolute Gasteiger partial charge is 0.435 e. The SMILES string of the molecule is NS(=O)(=O)c1ccc(-n2nc(C(F)(F)F)cc2-c2ccc(Cl)cc2)nc1. The second kappa shape index (κ2) is 6.38. The van der Waals surface area contributed by atoms with Crippen LogP contribution in [0.3, 0.4) is 0 Å². The molecule has 0 amide bonds. The highest BCUT2D eigenvalue weighted by Gasteiger charge is 2.35. The topological polar surface area (TPSA) is 90.9 Å². The Hall–Kier alpha value is -2.43. The summed E-state index contributed by atoms with van der Waals surface area (Å²) in [4.78, 5) is 3.60. The van der Waals surface area contributed by atoms with E-state index in [1.165, 1.54) is 30.3 Å². The first kappa shape index (κ1) is 18.4. The summed E-state index contributed by atoms with van der Waals surface area (Å²) in [5.41, 5.74) is -0.570. The van der Waals surface area contributed by atoms with Crippen molar-refractivity contribution in [3.8, 4) is 17.1 Å². The Labute approximate surface area is 151 Å². The number of primary sulfonamides is 1. The van der Waals surface area contributed by atoms with E-state index in [0.29, 0.717) is 10.6 Å². The van der Waals surface area contributed by atoms with Crippen LogP contribution in [0.4, 0.5) is 13.2 Å². The highest BCUT2D eigenvalue weighted by molar-refractivity contribution is 7.89.